The third-order valence-corrected chi connectivity index (χ3v) is 6.64. The quantitative estimate of drug-likeness (QED) is 0.111. The monoisotopic (exact) mass is 486 g/mol. The lowest BCUT2D eigenvalue weighted by Gasteiger charge is -2.13. The Morgan fingerprint density at radius 1 is 0.529 bits per heavy atom. The molecule has 176 valence electrons. The first kappa shape index (κ1) is 25.2. The summed E-state index contributed by atoms with van der Waals surface area (Å²) in [5.41, 5.74) is 0. The molecule has 34 heavy (non-hydrogen) atoms. The van der Waals surface area contributed by atoms with Gasteiger partial charge >= 0.3 is 7.25 Å². The summed E-state index contributed by atoms with van der Waals surface area (Å²) in [5.74, 6) is 1.76. The third kappa shape index (κ3) is 8.52. The Kier molecular flexibility index (Phi) is 9.46. The smallest absolute Gasteiger partial charge is 0.490 e. The molecule has 0 aliphatic rings. The van der Waals surface area contributed by atoms with E-state index >= 15 is 0 Å². The molecule has 2 nitrogen and oxygen atoms in total. The van der Waals surface area contributed by atoms with Crippen molar-refractivity contribution in [2.75, 3.05) is 13.2 Å². The molecule has 8 heteroatoms. The minimum Gasteiger partial charge on any atom is -0.490 e. The standard InChI is InChI=1S/C26H23O2S.BF4/c1-4-12-22(13-5-1)27-20-21-28-25-18-10-11-19-26(25)29(23-14-6-2-7-15-23)24-16-8-3-9-17-24;2-1(3,4)5/h1-19H,20-21H2;/q+1;-1. The van der Waals surface area contributed by atoms with E-state index in [0.717, 1.165) is 11.5 Å². The Bertz CT molecular complexity index is 1070. The van der Waals surface area contributed by atoms with Gasteiger partial charge in [0.1, 0.15) is 29.9 Å². The van der Waals surface area contributed by atoms with E-state index in [1.54, 1.807) is 0 Å². The van der Waals surface area contributed by atoms with Crippen molar-refractivity contribution in [3.63, 3.8) is 0 Å². The van der Waals surface area contributed by atoms with Crippen LogP contribution < -0.4 is 9.47 Å². The lowest BCUT2D eigenvalue weighted by Crippen LogP contribution is -2.12. The largest absolute Gasteiger partial charge is 0.673 e. The number of rotatable bonds is 8. The fourth-order valence-corrected chi connectivity index (χ4v) is 5.25. The molecule has 0 N–H and O–H groups in total. The molecule has 0 atom stereocenters. The molecule has 0 heterocycles. The van der Waals surface area contributed by atoms with E-state index < -0.39 is 7.25 Å². The van der Waals surface area contributed by atoms with Crippen LogP contribution in [0.25, 0.3) is 0 Å². The van der Waals surface area contributed by atoms with Gasteiger partial charge in [0.25, 0.3) is 0 Å². The Labute approximate surface area is 199 Å². The van der Waals surface area contributed by atoms with Crippen LogP contribution in [0, 0.1) is 0 Å². The molecule has 4 aromatic carbocycles. The molecule has 0 unspecified atom stereocenters. The van der Waals surface area contributed by atoms with Gasteiger partial charge < -0.3 is 26.7 Å². The van der Waals surface area contributed by atoms with Crippen LogP contribution in [0.15, 0.2) is 130 Å². The maximum Gasteiger partial charge on any atom is 0.673 e. The van der Waals surface area contributed by atoms with Gasteiger partial charge in [0, 0.05) is 0 Å². The number of para-hydroxylation sites is 2. The van der Waals surface area contributed by atoms with Crippen LogP contribution in [-0.4, -0.2) is 20.5 Å². The summed E-state index contributed by atoms with van der Waals surface area (Å²) >= 11 is 0. The molecule has 0 aliphatic carbocycles. The maximum absolute atomic E-state index is 9.75. The average Bonchev–Trinajstić information content (AvgIpc) is 2.84. The minimum atomic E-state index is -6.00. The molecule has 0 amide bonds. The second-order valence-electron chi connectivity index (χ2n) is 6.88. The predicted molar refractivity (Wildman–Crippen MR) is 129 cm³/mol. The Hall–Kier alpha value is -3.39. The first-order valence-corrected chi connectivity index (χ1v) is 11.8. The van der Waals surface area contributed by atoms with Crippen molar-refractivity contribution >= 4 is 18.1 Å². The van der Waals surface area contributed by atoms with Crippen molar-refractivity contribution in [2.45, 2.75) is 14.7 Å². The Morgan fingerprint density at radius 3 is 1.47 bits per heavy atom. The van der Waals surface area contributed by atoms with Crippen molar-refractivity contribution in [3.8, 4) is 11.5 Å². The number of benzene rings is 4. The van der Waals surface area contributed by atoms with Crippen LogP contribution in [0.3, 0.4) is 0 Å². The second-order valence-corrected chi connectivity index (χ2v) is 8.88. The predicted octanol–water partition coefficient (Wildman–Crippen LogP) is 7.54. The highest BCUT2D eigenvalue weighted by molar-refractivity contribution is 7.97. The SMILES string of the molecule is F[B-](F)(F)F.c1ccc(OCCOc2ccccc2[S+](c2ccccc2)c2ccccc2)cc1. The number of hydrogen-bond acceptors (Lipinski definition) is 2. The first-order valence-electron chi connectivity index (χ1n) is 10.5. The van der Waals surface area contributed by atoms with Crippen LogP contribution >= 0.6 is 0 Å². The highest BCUT2D eigenvalue weighted by Crippen LogP contribution is 2.36. The molecule has 0 aromatic heterocycles. The number of halogens is 4. The molecule has 0 bridgehead atoms. The van der Waals surface area contributed by atoms with Crippen LogP contribution in [0.2, 0.25) is 0 Å². The van der Waals surface area contributed by atoms with Crippen molar-refractivity contribution < 1.29 is 26.7 Å². The molecule has 4 aromatic rings. The van der Waals surface area contributed by atoms with Crippen molar-refractivity contribution in [1.82, 2.24) is 0 Å². The zero-order valence-electron chi connectivity index (χ0n) is 18.2. The Morgan fingerprint density at radius 2 is 0.941 bits per heavy atom. The van der Waals surface area contributed by atoms with Gasteiger partial charge in [0.2, 0.25) is 4.90 Å². The van der Waals surface area contributed by atoms with Crippen molar-refractivity contribution in [1.29, 1.82) is 0 Å². The summed E-state index contributed by atoms with van der Waals surface area (Å²) in [4.78, 5) is 3.73. The zero-order chi connectivity index (χ0) is 24.2. The lowest BCUT2D eigenvalue weighted by atomic mass is 10.3. The maximum atomic E-state index is 9.75. The first-order chi connectivity index (χ1) is 16.4. The molecular weight excluding hydrogens is 463 g/mol. The van der Waals surface area contributed by atoms with E-state index in [2.05, 4.69) is 72.8 Å². The fourth-order valence-electron chi connectivity index (χ4n) is 3.07. The van der Waals surface area contributed by atoms with Crippen molar-refractivity contribution in [3.05, 3.63) is 115 Å². The van der Waals surface area contributed by atoms with E-state index in [1.165, 1.54) is 14.7 Å². The molecule has 0 fully saturated rings. The molecule has 0 aliphatic heterocycles. The Balaban J connectivity index is 0.000000588. The zero-order valence-corrected chi connectivity index (χ0v) is 19.0. The molecule has 0 radical (unpaired) electrons. The molecule has 4 rings (SSSR count). The average molecular weight is 486 g/mol. The van der Waals surface area contributed by atoms with Crippen LogP contribution in [-0.2, 0) is 10.9 Å². The molecule has 0 spiro atoms. The number of hydrogen-bond donors (Lipinski definition) is 0. The van der Waals surface area contributed by atoms with Gasteiger partial charge in [-0.25, -0.2) is 0 Å². The van der Waals surface area contributed by atoms with Gasteiger partial charge in [-0.05, 0) is 48.5 Å². The molecule has 0 saturated heterocycles. The fraction of sp³-hybridized carbons (Fsp3) is 0.0769. The lowest BCUT2D eigenvalue weighted by molar-refractivity contribution is 0.214. The van der Waals surface area contributed by atoms with Gasteiger partial charge in [-0.15, -0.1) is 0 Å². The van der Waals surface area contributed by atoms with Gasteiger partial charge in [0.05, 0.1) is 0 Å². The molecular formula is C26H23BF4O2S. The van der Waals surface area contributed by atoms with Gasteiger partial charge in [-0.2, -0.15) is 0 Å². The summed E-state index contributed by atoms with van der Waals surface area (Å²) in [6, 6.07) is 39.4. The van der Waals surface area contributed by atoms with Crippen molar-refractivity contribution in [2.24, 2.45) is 0 Å². The summed E-state index contributed by atoms with van der Waals surface area (Å²) in [5, 5.41) is 0. The third-order valence-electron chi connectivity index (χ3n) is 4.38. The minimum absolute atomic E-state index is 0.233. The van der Waals surface area contributed by atoms with E-state index in [4.69, 9.17) is 9.47 Å². The second kappa shape index (κ2) is 12.7. The number of ether oxygens (including phenoxy) is 2. The van der Waals surface area contributed by atoms with Crippen LogP contribution in [0.1, 0.15) is 0 Å². The molecule has 0 saturated carbocycles. The summed E-state index contributed by atoms with van der Waals surface area (Å²) in [6.45, 7) is 0.996. The van der Waals surface area contributed by atoms with Gasteiger partial charge in [-0.1, -0.05) is 66.7 Å². The van der Waals surface area contributed by atoms with E-state index in [1.807, 2.05) is 42.5 Å². The normalized spacial score (nSPS) is 10.9. The van der Waals surface area contributed by atoms with E-state index in [-0.39, 0.29) is 10.9 Å². The highest BCUT2D eigenvalue weighted by Gasteiger charge is 2.31. The van der Waals surface area contributed by atoms with E-state index in [0.29, 0.717) is 13.2 Å². The topological polar surface area (TPSA) is 18.5 Å². The van der Waals surface area contributed by atoms with E-state index in [9.17, 15) is 17.3 Å². The van der Waals surface area contributed by atoms with Crippen LogP contribution in [0.4, 0.5) is 17.3 Å². The summed E-state index contributed by atoms with van der Waals surface area (Å²) < 4.78 is 50.9. The van der Waals surface area contributed by atoms with Crippen LogP contribution in [0.5, 0.6) is 11.5 Å². The summed E-state index contributed by atoms with van der Waals surface area (Å²) in [6.07, 6.45) is 0. The van der Waals surface area contributed by atoms with Gasteiger partial charge in [0.15, 0.2) is 15.5 Å². The summed E-state index contributed by atoms with van der Waals surface area (Å²) in [7, 11) is -6.23. The highest BCUT2D eigenvalue weighted by atomic mass is 32.2. The van der Waals surface area contributed by atoms with Gasteiger partial charge in [-0.3, -0.25) is 0 Å².